The molecule has 3 N–H and O–H groups in total. The number of para-hydroxylation sites is 1. The summed E-state index contributed by atoms with van der Waals surface area (Å²) in [6.45, 7) is 1.85. The Balaban J connectivity index is 2.46. The van der Waals surface area contributed by atoms with Crippen molar-refractivity contribution in [2.45, 2.75) is 6.92 Å². The first-order valence-corrected chi connectivity index (χ1v) is 7.58. The van der Waals surface area contributed by atoms with Crippen LogP contribution in [0.1, 0.15) is 5.69 Å². The minimum absolute atomic E-state index is 0.0723. The van der Waals surface area contributed by atoms with Gasteiger partial charge in [0.15, 0.2) is 0 Å². The van der Waals surface area contributed by atoms with E-state index in [0.717, 1.165) is 11.1 Å². The van der Waals surface area contributed by atoms with Gasteiger partial charge in [-0.3, -0.25) is 9.71 Å². The first-order chi connectivity index (χ1) is 8.87. The fourth-order valence-corrected chi connectivity index (χ4v) is 3.13. The number of thiocarbonyl (C=S) groups is 1. The molecular weight excluding hydrogens is 282 g/mol. The molecule has 0 unspecified atom stereocenters. The number of aryl methyl sites for hydroxylation is 1. The molecule has 0 radical (unpaired) electrons. The van der Waals surface area contributed by atoms with Gasteiger partial charge in [0, 0.05) is 11.1 Å². The molecule has 0 fully saturated rings. The van der Waals surface area contributed by atoms with Gasteiger partial charge in [0.25, 0.3) is 0 Å². The number of hydrogen-bond acceptors (Lipinski definition) is 4. The van der Waals surface area contributed by atoms with Gasteiger partial charge in [0.1, 0.15) is 5.75 Å². The maximum atomic E-state index is 11.8. The van der Waals surface area contributed by atoms with Crippen LogP contribution in [0, 0.1) is 6.92 Å². The molecule has 0 bridgehead atoms. The minimum atomic E-state index is -3.59. The van der Waals surface area contributed by atoms with E-state index in [1.54, 1.807) is 12.1 Å². The summed E-state index contributed by atoms with van der Waals surface area (Å²) in [6, 6.07) is 9.05. The lowest BCUT2D eigenvalue weighted by molar-refractivity contribution is 0.605. The Morgan fingerprint density at radius 2 is 2.11 bits per heavy atom. The number of hydrogen-bond donors (Lipinski definition) is 2. The smallest absolute Gasteiger partial charge is 0.239 e. The summed E-state index contributed by atoms with van der Waals surface area (Å²) in [5, 5.41) is 0.862. The molecule has 7 heteroatoms. The molecule has 0 aliphatic heterocycles. The predicted octanol–water partition coefficient (Wildman–Crippen LogP) is 1.57. The Hall–Kier alpha value is -1.73. The minimum Gasteiger partial charge on any atom is -0.392 e. The van der Waals surface area contributed by atoms with Crippen LogP contribution in [0.4, 0.5) is 5.69 Å². The van der Waals surface area contributed by atoms with Gasteiger partial charge >= 0.3 is 0 Å². The number of nitrogens with zero attached hydrogens (tertiary/aromatic N) is 1. The Morgan fingerprint density at radius 1 is 1.37 bits per heavy atom. The standard InChI is InChI=1S/C12H13N3O2S2/c1-8-5-6-9-3-2-4-10(12(9)14-8)15-19(16,17)7-11(13)18/h2-6,15H,7H2,1H3,(H2,13,18). The van der Waals surface area contributed by atoms with Crippen LogP contribution in [-0.4, -0.2) is 24.1 Å². The van der Waals surface area contributed by atoms with Gasteiger partial charge in [-0.1, -0.05) is 30.4 Å². The molecule has 0 saturated heterocycles. The van der Waals surface area contributed by atoms with Gasteiger partial charge in [0.05, 0.1) is 16.2 Å². The van der Waals surface area contributed by atoms with Crippen molar-refractivity contribution in [3.63, 3.8) is 0 Å². The van der Waals surface area contributed by atoms with Gasteiger partial charge in [-0.2, -0.15) is 0 Å². The van der Waals surface area contributed by atoms with Crippen LogP contribution in [-0.2, 0) is 10.0 Å². The summed E-state index contributed by atoms with van der Waals surface area (Å²) in [4.78, 5) is 4.28. The summed E-state index contributed by atoms with van der Waals surface area (Å²) in [6.07, 6.45) is 0. The third-order valence-corrected chi connectivity index (χ3v) is 4.01. The number of anilines is 1. The van der Waals surface area contributed by atoms with Crippen molar-refractivity contribution in [3.05, 3.63) is 36.0 Å². The quantitative estimate of drug-likeness (QED) is 0.836. The highest BCUT2D eigenvalue weighted by Crippen LogP contribution is 2.22. The van der Waals surface area contributed by atoms with Crippen molar-refractivity contribution in [1.29, 1.82) is 0 Å². The summed E-state index contributed by atoms with van der Waals surface area (Å²) < 4.78 is 26.1. The largest absolute Gasteiger partial charge is 0.392 e. The average molecular weight is 295 g/mol. The number of benzene rings is 1. The predicted molar refractivity (Wildman–Crippen MR) is 80.7 cm³/mol. The monoisotopic (exact) mass is 295 g/mol. The van der Waals surface area contributed by atoms with Gasteiger partial charge in [0.2, 0.25) is 10.0 Å². The van der Waals surface area contributed by atoms with Gasteiger partial charge in [-0.05, 0) is 19.1 Å². The van der Waals surface area contributed by atoms with Crippen molar-refractivity contribution in [2.75, 3.05) is 10.5 Å². The molecular formula is C12H13N3O2S2. The number of sulfonamides is 1. The van der Waals surface area contributed by atoms with Crippen LogP contribution in [0.15, 0.2) is 30.3 Å². The molecule has 1 aromatic carbocycles. The fourth-order valence-electron chi connectivity index (χ4n) is 1.72. The van der Waals surface area contributed by atoms with Crippen LogP contribution < -0.4 is 10.5 Å². The Bertz CT molecular complexity index is 742. The van der Waals surface area contributed by atoms with E-state index in [0.29, 0.717) is 11.2 Å². The maximum Gasteiger partial charge on any atom is 0.239 e. The molecule has 0 amide bonds. The number of rotatable bonds is 4. The Kier molecular flexibility index (Phi) is 3.68. The Labute approximate surface area is 116 Å². The second-order valence-electron chi connectivity index (χ2n) is 4.16. The van der Waals surface area contributed by atoms with E-state index < -0.39 is 10.0 Å². The number of nitrogens with one attached hydrogen (secondary N) is 1. The highest BCUT2D eigenvalue weighted by molar-refractivity contribution is 7.95. The summed E-state index contributed by atoms with van der Waals surface area (Å²) in [5.41, 5.74) is 7.11. The molecule has 2 aromatic rings. The van der Waals surface area contributed by atoms with Crippen molar-refractivity contribution in [1.82, 2.24) is 4.98 Å². The van der Waals surface area contributed by atoms with Crippen LogP contribution in [0.3, 0.4) is 0 Å². The second-order valence-corrected chi connectivity index (χ2v) is 6.40. The van der Waals surface area contributed by atoms with E-state index >= 15 is 0 Å². The lowest BCUT2D eigenvalue weighted by atomic mass is 10.2. The topological polar surface area (TPSA) is 85.1 Å². The van der Waals surface area contributed by atoms with E-state index in [2.05, 4.69) is 21.9 Å². The van der Waals surface area contributed by atoms with Gasteiger partial charge < -0.3 is 5.73 Å². The molecule has 0 aliphatic carbocycles. The van der Waals surface area contributed by atoms with Crippen molar-refractivity contribution >= 4 is 43.8 Å². The molecule has 19 heavy (non-hydrogen) atoms. The van der Waals surface area contributed by atoms with Gasteiger partial charge in [-0.25, -0.2) is 8.42 Å². The van der Waals surface area contributed by atoms with Crippen LogP contribution in [0.5, 0.6) is 0 Å². The normalized spacial score (nSPS) is 11.4. The molecule has 1 aromatic heterocycles. The summed E-state index contributed by atoms with van der Waals surface area (Å²) >= 11 is 4.62. The molecule has 2 rings (SSSR count). The molecule has 100 valence electrons. The highest BCUT2D eigenvalue weighted by atomic mass is 32.2. The lowest BCUT2D eigenvalue weighted by Gasteiger charge is -2.10. The number of pyridine rings is 1. The SMILES string of the molecule is Cc1ccc2cccc(NS(=O)(=O)CC(N)=S)c2n1. The zero-order valence-electron chi connectivity index (χ0n) is 10.3. The van der Waals surface area contributed by atoms with Crippen LogP contribution >= 0.6 is 12.2 Å². The zero-order chi connectivity index (χ0) is 14.0. The van der Waals surface area contributed by atoms with E-state index in [1.165, 1.54) is 0 Å². The maximum absolute atomic E-state index is 11.8. The van der Waals surface area contributed by atoms with E-state index in [-0.39, 0.29) is 10.7 Å². The van der Waals surface area contributed by atoms with E-state index in [1.807, 2.05) is 25.1 Å². The molecule has 0 atom stereocenters. The Morgan fingerprint density at radius 3 is 2.79 bits per heavy atom. The number of fused-ring (bicyclic) bond motifs is 1. The third kappa shape index (κ3) is 3.39. The van der Waals surface area contributed by atoms with E-state index in [4.69, 9.17) is 5.73 Å². The molecule has 0 saturated carbocycles. The van der Waals surface area contributed by atoms with E-state index in [9.17, 15) is 8.42 Å². The number of aromatic nitrogens is 1. The van der Waals surface area contributed by atoms with Crippen molar-refractivity contribution in [2.24, 2.45) is 5.73 Å². The lowest BCUT2D eigenvalue weighted by Crippen LogP contribution is -2.26. The highest BCUT2D eigenvalue weighted by Gasteiger charge is 2.14. The fraction of sp³-hybridized carbons (Fsp3) is 0.167. The number of nitrogens with two attached hydrogens (primary N) is 1. The zero-order valence-corrected chi connectivity index (χ0v) is 11.9. The first-order valence-electron chi connectivity index (χ1n) is 5.52. The van der Waals surface area contributed by atoms with Crippen LogP contribution in [0.25, 0.3) is 10.9 Å². The van der Waals surface area contributed by atoms with Gasteiger partial charge in [-0.15, -0.1) is 0 Å². The average Bonchev–Trinajstić information content (AvgIpc) is 2.27. The van der Waals surface area contributed by atoms with Crippen molar-refractivity contribution in [3.8, 4) is 0 Å². The molecule has 0 spiro atoms. The molecule has 0 aliphatic rings. The second kappa shape index (κ2) is 5.10. The van der Waals surface area contributed by atoms with Crippen molar-refractivity contribution < 1.29 is 8.42 Å². The third-order valence-electron chi connectivity index (χ3n) is 2.46. The summed E-state index contributed by atoms with van der Waals surface area (Å²) in [5.74, 6) is -0.384. The van der Waals surface area contributed by atoms with Crippen LogP contribution in [0.2, 0.25) is 0 Å². The molecule has 1 heterocycles. The molecule has 5 nitrogen and oxygen atoms in total. The first kappa shape index (κ1) is 13.7. The summed E-state index contributed by atoms with van der Waals surface area (Å²) in [7, 11) is -3.59.